The lowest BCUT2D eigenvalue weighted by molar-refractivity contribution is -0.112. The molecule has 1 fully saturated rings. The molecule has 1 saturated carbocycles. The Bertz CT molecular complexity index is 533. The van der Waals surface area contributed by atoms with Gasteiger partial charge in [0.05, 0.1) is 11.3 Å². The second kappa shape index (κ2) is 4.68. The maximum Gasteiger partial charge on any atom is 0.296 e. The Hall–Kier alpha value is -1.84. The summed E-state index contributed by atoms with van der Waals surface area (Å²) in [6, 6.07) is 6.17. The molecule has 1 amide bonds. The zero-order chi connectivity index (χ0) is 13.4. The lowest BCUT2D eigenvalue weighted by Crippen LogP contribution is -2.33. The van der Waals surface area contributed by atoms with Gasteiger partial charge in [0.25, 0.3) is 11.7 Å². The number of amides is 1. The lowest BCUT2D eigenvalue weighted by atomic mass is 9.94. The minimum atomic E-state index is -0.521. The smallest absolute Gasteiger partial charge is 0.296 e. The van der Waals surface area contributed by atoms with E-state index in [-0.39, 0.29) is 0 Å². The van der Waals surface area contributed by atoms with E-state index in [2.05, 4.69) is 17.3 Å². The zero-order valence-electron chi connectivity index (χ0n) is 11.1. The number of anilines is 2. The third kappa shape index (κ3) is 2.11. The van der Waals surface area contributed by atoms with Gasteiger partial charge in [0.1, 0.15) is 0 Å². The number of benzene rings is 1. The van der Waals surface area contributed by atoms with Crippen molar-refractivity contribution >= 4 is 23.1 Å². The fourth-order valence-electron chi connectivity index (χ4n) is 3.03. The second-order valence-corrected chi connectivity index (χ2v) is 5.42. The van der Waals surface area contributed by atoms with Crippen molar-refractivity contribution in [3.63, 3.8) is 0 Å². The lowest BCUT2D eigenvalue weighted by Gasteiger charge is -2.33. The molecule has 0 bridgehead atoms. The van der Waals surface area contributed by atoms with Crippen LogP contribution in [0.4, 0.5) is 11.4 Å². The number of carbonyl (C=O) groups is 2. The molecule has 1 aromatic carbocycles. The predicted octanol–water partition coefficient (Wildman–Crippen LogP) is 2.59. The van der Waals surface area contributed by atoms with E-state index in [1.54, 1.807) is 6.07 Å². The molecule has 0 atom stereocenters. The molecule has 1 aliphatic heterocycles. The molecule has 0 radical (unpaired) electrons. The minimum Gasteiger partial charge on any atom is -0.372 e. The number of fused-ring (bicyclic) bond motifs is 1. The second-order valence-electron chi connectivity index (χ2n) is 5.42. The molecule has 3 rings (SSSR count). The van der Waals surface area contributed by atoms with Crippen molar-refractivity contribution in [2.45, 2.75) is 38.1 Å². The molecule has 0 saturated heterocycles. The van der Waals surface area contributed by atoms with Crippen LogP contribution in [0.5, 0.6) is 0 Å². The highest BCUT2D eigenvalue weighted by molar-refractivity contribution is 6.51. The Morgan fingerprint density at radius 1 is 1.16 bits per heavy atom. The van der Waals surface area contributed by atoms with E-state index in [0.29, 0.717) is 17.3 Å². The van der Waals surface area contributed by atoms with Gasteiger partial charge in [0, 0.05) is 18.8 Å². The van der Waals surface area contributed by atoms with Crippen LogP contribution in [0.25, 0.3) is 0 Å². The summed E-state index contributed by atoms with van der Waals surface area (Å²) in [5.74, 6) is -0.950. The maximum absolute atomic E-state index is 11.6. The van der Waals surface area contributed by atoms with E-state index < -0.39 is 11.7 Å². The molecule has 100 valence electrons. The number of hydrogen-bond acceptors (Lipinski definition) is 3. The van der Waals surface area contributed by atoms with Crippen LogP contribution < -0.4 is 10.2 Å². The van der Waals surface area contributed by atoms with Crippen LogP contribution in [0.2, 0.25) is 0 Å². The van der Waals surface area contributed by atoms with Crippen molar-refractivity contribution < 1.29 is 9.59 Å². The third-order valence-corrected chi connectivity index (χ3v) is 4.23. The molecule has 1 aliphatic carbocycles. The van der Waals surface area contributed by atoms with Crippen LogP contribution >= 0.6 is 0 Å². The van der Waals surface area contributed by atoms with Gasteiger partial charge in [0.15, 0.2) is 0 Å². The van der Waals surface area contributed by atoms with Gasteiger partial charge in [-0.1, -0.05) is 19.3 Å². The van der Waals surface area contributed by atoms with Crippen molar-refractivity contribution in [2.75, 3.05) is 17.3 Å². The van der Waals surface area contributed by atoms with E-state index in [0.717, 1.165) is 5.69 Å². The highest BCUT2D eigenvalue weighted by Gasteiger charge is 2.28. The summed E-state index contributed by atoms with van der Waals surface area (Å²) < 4.78 is 0. The summed E-state index contributed by atoms with van der Waals surface area (Å²) in [6.07, 6.45) is 6.35. The van der Waals surface area contributed by atoms with Crippen LogP contribution in [0.3, 0.4) is 0 Å². The normalized spacial score (nSPS) is 19.2. The summed E-state index contributed by atoms with van der Waals surface area (Å²) in [7, 11) is 2.09. The third-order valence-electron chi connectivity index (χ3n) is 4.23. The number of nitrogens with zero attached hydrogens (tertiary/aromatic N) is 1. The average molecular weight is 258 g/mol. The molecule has 0 unspecified atom stereocenters. The molecule has 4 heteroatoms. The first-order valence-electron chi connectivity index (χ1n) is 6.89. The highest BCUT2D eigenvalue weighted by atomic mass is 16.2. The van der Waals surface area contributed by atoms with Gasteiger partial charge < -0.3 is 10.2 Å². The molecule has 2 aliphatic rings. The molecule has 1 aromatic rings. The number of nitrogens with one attached hydrogen (secondary N) is 1. The van der Waals surface area contributed by atoms with Crippen LogP contribution in [0.15, 0.2) is 18.2 Å². The summed E-state index contributed by atoms with van der Waals surface area (Å²) in [5, 5.41) is 2.63. The molecular weight excluding hydrogens is 240 g/mol. The van der Waals surface area contributed by atoms with E-state index >= 15 is 0 Å². The van der Waals surface area contributed by atoms with E-state index in [4.69, 9.17) is 0 Å². The SMILES string of the molecule is CN(c1ccc2c(c1)NC(=O)C2=O)C1CCCCC1. The molecule has 1 N–H and O–H groups in total. The van der Waals surface area contributed by atoms with Gasteiger partial charge in [-0.15, -0.1) is 0 Å². The topological polar surface area (TPSA) is 49.4 Å². The van der Waals surface area contributed by atoms with Crippen molar-refractivity contribution in [1.82, 2.24) is 0 Å². The fourth-order valence-corrected chi connectivity index (χ4v) is 3.03. The van der Waals surface area contributed by atoms with Crippen molar-refractivity contribution in [1.29, 1.82) is 0 Å². The molecule has 1 heterocycles. The van der Waals surface area contributed by atoms with Crippen LogP contribution in [-0.4, -0.2) is 24.8 Å². The molecule has 0 aromatic heterocycles. The summed E-state index contributed by atoms with van der Waals surface area (Å²) in [5.41, 5.74) is 2.21. The Morgan fingerprint density at radius 2 is 1.89 bits per heavy atom. The molecule has 4 nitrogen and oxygen atoms in total. The minimum absolute atomic E-state index is 0.429. The van der Waals surface area contributed by atoms with Crippen LogP contribution in [0, 0.1) is 0 Å². The monoisotopic (exact) mass is 258 g/mol. The predicted molar refractivity (Wildman–Crippen MR) is 74.7 cm³/mol. The van der Waals surface area contributed by atoms with Gasteiger partial charge in [-0.05, 0) is 31.0 Å². The number of rotatable bonds is 2. The Labute approximate surface area is 112 Å². The van der Waals surface area contributed by atoms with Gasteiger partial charge in [-0.3, -0.25) is 9.59 Å². The Balaban J connectivity index is 1.84. The van der Waals surface area contributed by atoms with E-state index in [1.165, 1.54) is 32.1 Å². The number of hydrogen-bond donors (Lipinski definition) is 1. The van der Waals surface area contributed by atoms with Crippen molar-refractivity contribution in [3.05, 3.63) is 23.8 Å². The van der Waals surface area contributed by atoms with Crippen LogP contribution in [0.1, 0.15) is 42.5 Å². The standard InChI is InChI=1S/C15H18N2O2/c1-17(10-5-3-2-4-6-10)11-7-8-12-13(9-11)16-15(19)14(12)18/h7-10H,2-6H2,1H3,(H,16,18,19). The largest absolute Gasteiger partial charge is 0.372 e. The Morgan fingerprint density at radius 3 is 2.63 bits per heavy atom. The fraction of sp³-hybridized carbons (Fsp3) is 0.467. The molecular formula is C15H18N2O2. The van der Waals surface area contributed by atoms with Gasteiger partial charge in [0.2, 0.25) is 0 Å². The first kappa shape index (κ1) is 12.2. The summed E-state index contributed by atoms with van der Waals surface area (Å²) >= 11 is 0. The van der Waals surface area contributed by atoms with Crippen molar-refractivity contribution in [3.8, 4) is 0 Å². The maximum atomic E-state index is 11.6. The molecule has 19 heavy (non-hydrogen) atoms. The van der Waals surface area contributed by atoms with Gasteiger partial charge >= 0.3 is 0 Å². The van der Waals surface area contributed by atoms with E-state index in [1.807, 2.05) is 12.1 Å². The summed E-state index contributed by atoms with van der Waals surface area (Å²) in [4.78, 5) is 25.2. The number of carbonyl (C=O) groups excluding carboxylic acids is 2. The number of ketones is 1. The summed E-state index contributed by atoms with van der Waals surface area (Å²) in [6.45, 7) is 0. The van der Waals surface area contributed by atoms with Gasteiger partial charge in [-0.2, -0.15) is 0 Å². The first-order chi connectivity index (χ1) is 9.16. The van der Waals surface area contributed by atoms with Crippen molar-refractivity contribution in [2.24, 2.45) is 0 Å². The zero-order valence-corrected chi connectivity index (χ0v) is 11.1. The average Bonchev–Trinajstić information content (AvgIpc) is 2.74. The number of Topliss-reactive ketones (excluding diaryl/α,β-unsaturated/α-hetero) is 1. The highest BCUT2D eigenvalue weighted by Crippen LogP contribution is 2.31. The van der Waals surface area contributed by atoms with Crippen LogP contribution in [-0.2, 0) is 4.79 Å². The Kier molecular flexibility index (Phi) is 3.01. The quantitative estimate of drug-likeness (QED) is 0.829. The van der Waals surface area contributed by atoms with Gasteiger partial charge in [-0.25, -0.2) is 0 Å². The first-order valence-corrected chi connectivity index (χ1v) is 6.89. The molecule has 0 spiro atoms. The van der Waals surface area contributed by atoms with E-state index in [9.17, 15) is 9.59 Å².